The Bertz CT molecular complexity index is 998. The minimum atomic E-state index is 0.0161. The van der Waals surface area contributed by atoms with E-state index in [-0.39, 0.29) is 12.0 Å². The molecule has 4 rings (SSSR count). The number of nitrogens with zero attached hydrogens (tertiary/aromatic N) is 2. The Morgan fingerprint density at radius 3 is 2.74 bits per heavy atom. The molecule has 138 valence electrons. The van der Waals surface area contributed by atoms with Crippen LogP contribution < -0.4 is 15.9 Å². The minimum absolute atomic E-state index is 0.0161. The topological polar surface area (TPSA) is 63.2 Å². The van der Waals surface area contributed by atoms with Gasteiger partial charge < -0.3 is 14.4 Å². The maximum atomic E-state index is 12.6. The van der Waals surface area contributed by atoms with Crippen LogP contribution in [0.1, 0.15) is 22.8 Å². The Kier molecular flexibility index (Phi) is 4.64. The molecule has 27 heavy (non-hydrogen) atoms. The van der Waals surface area contributed by atoms with Gasteiger partial charge in [-0.05, 0) is 42.5 Å². The third kappa shape index (κ3) is 3.57. The quantitative estimate of drug-likeness (QED) is 0.865. The number of nitrogens with one attached hydrogen (secondary N) is 1. The average Bonchev–Trinajstić information content (AvgIpc) is 3.18. The molecule has 0 aromatic heterocycles. The normalized spacial score (nSPS) is 21.3. The van der Waals surface area contributed by atoms with Crippen LogP contribution in [-0.4, -0.2) is 42.5 Å². The van der Waals surface area contributed by atoms with E-state index in [0.29, 0.717) is 37.0 Å². The van der Waals surface area contributed by atoms with Crippen LogP contribution in [0.4, 0.5) is 0 Å². The van der Waals surface area contributed by atoms with Crippen LogP contribution >= 0.6 is 0 Å². The highest BCUT2D eigenvalue weighted by atomic mass is 16.5. The summed E-state index contributed by atoms with van der Waals surface area (Å²) in [6.45, 7) is 7.79. The molecule has 1 saturated heterocycles. The largest absolute Gasteiger partial charge is 0.418 e. The summed E-state index contributed by atoms with van der Waals surface area (Å²) < 4.78 is 11.3. The molecule has 2 heterocycles. The van der Waals surface area contributed by atoms with Crippen molar-refractivity contribution in [3.63, 3.8) is 0 Å². The predicted molar refractivity (Wildman–Crippen MR) is 103 cm³/mol. The lowest BCUT2D eigenvalue weighted by Crippen LogP contribution is -2.44. The fraction of sp³-hybridized carbons (Fsp3) is 0.238. The van der Waals surface area contributed by atoms with Crippen LogP contribution in [0.5, 0.6) is 0 Å². The number of ether oxygens (including phenoxy) is 2. The molecule has 1 atom stereocenters. The third-order valence-corrected chi connectivity index (χ3v) is 4.63. The van der Waals surface area contributed by atoms with Crippen molar-refractivity contribution in [3.05, 3.63) is 70.1 Å². The van der Waals surface area contributed by atoms with Crippen LogP contribution in [0.15, 0.2) is 53.6 Å². The second kappa shape index (κ2) is 7.25. The lowest BCUT2D eigenvalue weighted by atomic mass is 10.1. The van der Waals surface area contributed by atoms with Gasteiger partial charge in [0.15, 0.2) is 0 Å². The number of carbonyl (C=O) groups excluding carboxylic acids is 1. The molecule has 0 radical (unpaired) electrons. The Balaban J connectivity index is 1.50. The number of hydrogen-bond donors (Lipinski definition) is 1. The number of hydrazone groups is 1. The SMILES string of the molecule is C=c1ccccc1=C1NN=C(c2ccc(C(=O)N3CCOC(C)C3)cc2)O1. The van der Waals surface area contributed by atoms with Crippen LogP contribution in [0.25, 0.3) is 12.5 Å². The zero-order chi connectivity index (χ0) is 18.8. The Morgan fingerprint density at radius 2 is 2.00 bits per heavy atom. The van der Waals surface area contributed by atoms with Crippen LogP contribution in [0.2, 0.25) is 0 Å². The number of benzene rings is 2. The summed E-state index contributed by atoms with van der Waals surface area (Å²) in [6, 6.07) is 15.0. The summed E-state index contributed by atoms with van der Waals surface area (Å²) in [7, 11) is 0. The van der Waals surface area contributed by atoms with Gasteiger partial charge in [-0.25, -0.2) is 5.43 Å². The van der Waals surface area contributed by atoms with Gasteiger partial charge in [0.1, 0.15) is 0 Å². The van der Waals surface area contributed by atoms with Crippen molar-refractivity contribution >= 4 is 24.3 Å². The first-order valence-corrected chi connectivity index (χ1v) is 8.93. The lowest BCUT2D eigenvalue weighted by Gasteiger charge is -2.31. The first-order valence-electron chi connectivity index (χ1n) is 8.93. The van der Waals surface area contributed by atoms with Crippen LogP contribution in [0.3, 0.4) is 0 Å². The summed E-state index contributed by atoms with van der Waals surface area (Å²) in [5.41, 5.74) is 4.35. The number of rotatable bonds is 2. The highest BCUT2D eigenvalue weighted by Gasteiger charge is 2.23. The molecule has 0 aliphatic carbocycles. The minimum Gasteiger partial charge on any atom is -0.418 e. The number of carbonyl (C=O) groups is 1. The summed E-state index contributed by atoms with van der Waals surface area (Å²) in [5.74, 6) is 1.03. The maximum absolute atomic E-state index is 12.6. The fourth-order valence-corrected chi connectivity index (χ4v) is 3.17. The molecule has 0 bridgehead atoms. The zero-order valence-corrected chi connectivity index (χ0v) is 15.1. The van der Waals surface area contributed by atoms with E-state index in [0.717, 1.165) is 16.0 Å². The van der Waals surface area contributed by atoms with Gasteiger partial charge in [0.2, 0.25) is 11.8 Å². The predicted octanol–water partition coefficient (Wildman–Crippen LogP) is 1.01. The van der Waals surface area contributed by atoms with Crippen molar-refractivity contribution in [2.75, 3.05) is 19.7 Å². The van der Waals surface area contributed by atoms with Crippen LogP contribution in [-0.2, 0) is 9.47 Å². The molecule has 2 aromatic carbocycles. The van der Waals surface area contributed by atoms with E-state index in [2.05, 4.69) is 17.1 Å². The van der Waals surface area contributed by atoms with Crippen LogP contribution in [0, 0.1) is 0 Å². The third-order valence-electron chi connectivity index (χ3n) is 4.63. The molecule has 0 spiro atoms. The Morgan fingerprint density at radius 1 is 1.22 bits per heavy atom. The van der Waals surface area contributed by atoms with Crippen molar-refractivity contribution in [2.24, 2.45) is 5.10 Å². The van der Waals surface area contributed by atoms with Gasteiger partial charge in [0, 0.05) is 29.4 Å². The average molecular weight is 363 g/mol. The van der Waals surface area contributed by atoms with E-state index in [4.69, 9.17) is 9.47 Å². The molecule has 1 amide bonds. The lowest BCUT2D eigenvalue weighted by molar-refractivity contribution is -0.0124. The standard InChI is InChI=1S/C21H21N3O3/c1-14-5-3-4-6-18(14)20-23-22-19(27-20)16-7-9-17(10-8-16)21(25)24-11-12-26-15(2)13-24/h3-10,15,23H,1,11-13H2,2H3. The van der Waals surface area contributed by atoms with Gasteiger partial charge in [0.25, 0.3) is 5.91 Å². The molecular formula is C21H21N3O3. The molecule has 1 fully saturated rings. The molecule has 2 aliphatic rings. The van der Waals surface area contributed by atoms with Gasteiger partial charge in [0.05, 0.1) is 12.7 Å². The van der Waals surface area contributed by atoms with E-state index in [1.807, 2.05) is 48.2 Å². The molecule has 1 N–H and O–H groups in total. The smallest absolute Gasteiger partial charge is 0.254 e. The summed E-state index contributed by atoms with van der Waals surface area (Å²) in [5, 5.41) is 5.97. The fourth-order valence-electron chi connectivity index (χ4n) is 3.17. The van der Waals surface area contributed by atoms with E-state index >= 15 is 0 Å². The van der Waals surface area contributed by atoms with Gasteiger partial charge >= 0.3 is 0 Å². The number of amides is 1. The molecular weight excluding hydrogens is 342 g/mol. The van der Waals surface area contributed by atoms with Gasteiger partial charge in [-0.2, -0.15) is 0 Å². The second-order valence-corrected chi connectivity index (χ2v) is 6.63. The van der Waals surface area contributed by atoms with Crippen molar-refractivity contribution in [1.82, 2.24) is 10.3 Å². The Hall–Kier alpha value is -3.12. The summed E-state index contributed by atoms with van der Waals surface area (Å²) in [4.78, 5) is 14.5. The molecule has 2 aromatic rings. The van der Waals surface area contributed by atoms with E-state index in [1.54, 1.807) is 12.1 Å². The van der Waals surface area contributed by atoms with Crippen molar-refractivity contribution in [1.29, 1.82) is 0 Å². The monoisotopic (exact) mass is 363 g/mol. The van der Waals surface area contributed by atoms with E-state index < -0.39 is 0 Å². The molecule has 1 unspecified atom stereocenters. The molecule has 0 saturated carbocycles. The maximum Gasteiger partial charge on any atom is 0.254 e. The van der Waals surface area contributed by atoms with Crippen molar-refractivity contribution in [3.8, 4) is 0 Å². The van der Waals surface area contributed by atoms with E-state index in [1.165, 1.54) is 0 Å². The van der Waals surface area contributed by atoms with E-state index in [9.17, 15) is 4.79 Å². The summed E-state index contributed by atoms with van der Waals surface area (Å²) in [6.07, 6.45) is 0.0687. The highest BCUT2D eigenvalue weighted by Crippen LogP contribution is 2.15. The first-order chi connectivity index (χ1) is 13.1. The van der Waals surface area contributed by atoms with Crippen molar-refractivity contribution < 1.29 is 14.3 Å². The van der Waals surface area contributed by atoms with Crippen molar-refractivity contribution in [2.45, 2.75) is 13.0 Å². The number of hydrogen-bond acceptors (Lipinski definition) is 5. The van der Waals surface area contributed by atoms with Gasteiger partial charge in [-0.1, -0.05) is 24.8 Å². The highest BCUT2D eigenvalue weighted by molar-refractivity contribution is 5.99. The molecule has 6 nitrogen and oxygen atoms in total. The Labute approximate surface area is 157 Å². The summed E-state index contributed by atoms with van der Waals surface area (Å²) >= 11 is 0. The zero-order valence-electron chi connectivity index (χ0n) is 15.1. The van der Waals surface area contributed by atoms with Gasteiger partial charge in [-0.15, -0.1) is 5.10 Å². The molecule has 2 aliphatic heterocycles. The second-order valence-electron chi connectivity index (χ2n) is 6.63. The first kappa shape index (κ1) is 17.3. The number of morpholine rings is 1. The van der Waals surface area contributed by atoms with Gasteiger partial charge in [-0.3, -0.25) is 4.79 Å². The molecule has 6 heteroatoms.